The molecule has 0 aromatic heterocycles. The Morgan fingerprint density at radius 2 is 1.95 bits per heavy atom. The maximum absolute atomic E-state index is 11.9. The van der Waals surface area contributed by atoms with Crippen molar-refractivity contribution >= 4 is 11.8 Å². The lowest BCUT2D eigenvalue weighted by Gasteiger charge is -2.25. The van der Waals surface area contributed by atoms with Crippen LogP contribution in [0.2, 0.25) is 0 Å². The molecule has 0 aliphatic heterocycles. The van der Waals surface area contributed by atoms with Crippen molar-refractivity contribution in [2.75, 3.05) is 20.3 Å². The van der Waals surface area contributed by atoms with Gasteiger partial charge in [0.05, 0.1) is 6.61 Å². The number of carbonyl (C=O) groups excluding carboxylic acids is 2. The first-order valence-corrected chi connectivity index (χ1v) is 7.84. The third kappa shape index (κ3) is 7.43. The van der Waals surface area contributed by atoms with Gasteiger partial charge in [0.2, 0.25) is 11.8 Å². The molecule has 4 N–H and O–H groups in total. The second-order valence-electron chi connectivity index (χ2n) is 5.89. The summed E-state index contributed by atoms with van der Waals surface area (Å²) in [6, 6.07) is -0.167. The van der Waals surface area contributed by atoms with Gasteiger partial charge in [0.25, 0.3) is 0 Å². The topological polar surface area (TPSA) is 93.5 Å². The third-order valence-corrected chi connectivity index (χ3v) is 4.05. The van der Waals surface area contributed by atoms with E-state index in [1.807, 2.05) is 0 Å². The van der Waals surface area contributed by atoms with Crippen LogP contribution in [0.25, 0.3) is 0 Å². The molecule has 6 heteroatoms. The Hall–Kier alpha value is -1.14. The fourth-order valence-electron chi connectivity index (χ4n) is 2.62. The van der Waals surface area contributed by atoms with E-state index in [1.54, 1.807) is 14.0 Å². The standard InChI is InChI=1S/C15H29N3O3/c1-11(15(20)17-9-10-21-2)18-14(19)8-5-12-3-6-13(16)7-4-12/h11-13H,3-10,16H2,1-2H3,(H,17,20)(H,18,19). The maximum atomic E-state index is 11.9. The fourth-order valence-corrected chi connectivity index (χ4v) is 2.62. The Balaban J connectivity index is 2.16. The van der Waals surface area contributed by atoms with E-state index in [0.29, 0.717) is 31.5 Å². The van der Waals surface area contributed by atoms with Crippen LogP contribution in [-0.2, 0) is 14.3 Å². The first-order valence-electron chi connectivity index (χ1n) is 7.84. The number of carbonyl (C=O) groups is 2. The number of nitrogens with one attached hydrogen (secondary N) is 2. The lowest BCUT2D eigenvalue weighted by Crippen LogP contribution is -2.45. The molecule has 122 valence electrons. The molecule has 0 heterocycles. The van der Waals surface area contributed by atoms with E-state index < -0.39 is 6.04 Å². The van der Waals surface area contributed by atoms with Crippen LogP contribution in [0, 0.1) is 5.92 Å². The summed E-state index contributed by atoms with van der Waals surface area (Å²) < 4.78 is 4.86. The molecule has 0 spiro atoms. The van der Waals surface area contributed by atoms with Crippen LogP contribution in [0.3, 0.4) is 0 Å². The number of nitrogens with two attached hydrogens (primary N) is 1. The molecular formula is C15H29N3O3. The molecule has 0 saturated heterocycles. The smallest absolute Gasteiger partial charge is 0.242 e. The lowest BCUT2D eigenvalue weighted by molar-refractivity contribution is -0.128. The molecule has 1 aliphatic carbocycles. The highest BCUT2D eigenvalue weighted by Crippen LogP contribution is 2.26. The Kier molecular flexibility index (Phi) is 8.30. The zero-order chi connectivity index (χ0) is 15.7. The molecule has 6 nitrogen and oxygen atoms in total. The van der Waals surface area contributed by atoms with E-state index in [4.69, 9.17) is 10.5 Å². The number of amides is 2. The molecule has 0 aromatic carbocycles. The van der Waals surface area contributed by atoms with Crippen molar-refractivity contribution in [3.63, 3.8) is 0 Å². The van der Waals surface area contributed by atoms with Gasteiger partial charge in [0, 0.05) is 26.1 Å². The molecule has 1 saturated carbocycles. The van der Waals surface area contributed by atoms with E-state index in [-0.39, 0.29) is 11.8 Å². The van der Waals surface area contributed by atoms with Gasteiger partial charge in [-0.15, -0.1) is 0 Å². The van der Waals surface area contributed by atoms with Gasteiger partial charge >= 0.3 is 0 Å². The monoisotopic (exact) mass is 299 g/mol. The van der Waals surface area contributed by atoms with Crippen molar-refractivity contribution in [3.05, 3.63) is 0 Å². The van der Waals surface area contributed by atoms with Gasteiger partial charge in [-0.25, -0.2) is 0 Å². The van der Waals surface area contributed by atoms with Gasteiger partial charge in [-0.1, -0.05) is 0 Å². The number of ether oxygens (including phenoxy) is 1. The molecular weight excluding hydrogens is 270 g/mol. The van der Waals surface area contributed by atoms with Crippen molar-refractivity contribution in [2.45, 2.75) is 57.5 Å². The van der Waals surface area contributed by atoms with Crippen LogP contribution in [0.1, 0.15) is 45.4 Å². The van der Waals surface area contributed by atoms with Gasteiger partial charge in [-0.2, -0.15) is 0 Å². The van der Waals surface area contributed by atoms with Gasteiger partial charge in [0.1, 0.15) is 6.04 Å². The van der Waals surface area contributed by atoms with Crippen LogP contribution < -0.4 is 16.4 Å². The van der Waals surface area contributed by atoms with Crippen LogP contribution in [0.5, 0.6) is 0 Å². The number of rotatable bonds is 8. The number of hydrogen-bond donors (Lipinski definition) is 3. The molecule has 21 heavy (non-hydrogen) atoms. The summed E-state index contributed by atoms with van der Waals surface area (Å²) in [5, 5.41) is 5.44. The lowest BCUT2D eigenvalue weighted by atomic mass is 9.84. The molecule has 1 fully saturated rings. The van der Waals surface area contributed by atoms with Crippen LogP contribution in [-0.4, -0.2) is 44.2 Å². The third-order valence-electron chi connectivity index (χ3n) is 4.05. The summed E-state index contributed by atoms with van der Waals surface area (Å²) in [6.45, 7) is 2.62. The second-order valence-corrected chi connectivity index (χ2v) is 5.89. The van der Waals surface area contributed by atoms with Crippen LogP contribution >= 0.6 is 0 Å². The van der Waals surface area contributed by atoms with E-state index in [0.717, 1.165) is 32.1 Å². The highest BCUT2D eigenvalue weighted by atomic mass is 16.5. The second kappa shape index (κ2) is 9.73. The number of hydrogen-bond acceptors (Lipinski definition) is 4. The summed E-state index contributed by atoms with van der Waals surface area (Å²) in [4.78, 5) is 23.6. The van der Waals surface area contributed by atoms with E-state index in [1.165, 1.54) is 0 Å². The Morgan fingerprint density at radius 1 is 1.29 bits per heavy atom. The largest absolute Gasteiger partial charge is 0.383 e. The summed E-state index contributed by atoms with van der Waals surface area (Å²) in [7, 11) is 1.58. The summed E-state index contributed by atoms with van der Waals surface area (Å²) in [6.07, 6.45) is 5.71. The summed E-state index contributed by atoms with van der Waals surface area (Å²) in [5.74, 6) is 0.365. The average molecular weight is 299 g/mol. The van der Waals surface area contributed by atoms with Crippen molar-refractivity contribution < 1.29 is 14.3 Å². The zero-order valence-electron chi connectivity index (χ0n) is 13.2. The Bertz CT molecular complexity index is 328. The van der Waals surface area contributed by atoms with Crippen LogP contribution in [0.4, 0.5) is 0 Å². The summed E-state index contributed by atoms with van der Waals surface area (Å²) in [5.41, 5.74) is 5.87. The van der Waals surface area contributed by atoms with Crippen molar-refractivity contribution in [1.29, 1.82) is 0 Å². The molecule has 0 radical (unpaired) electrons. The fraction of sp³-hybridized carbons (Fsp3) is 0.867. The Labute approximate surface area is 127 Å². The zero-order valence-corrected chi connectivity index (χ0v) is 13.2. The van der Waals surface area contributed by atoms with E-state index in [2.05, 4.69) is 10.6 Å². The summed E-state index contributed by atoms with van der Waals surface area (Å²) >= 11 is 0. The predicted molar refractivity (Wildman–Crippen MR) is 81.7 cm³/mol. The molecule has 1 atom stereocenters. The van der Waals surface area contributed by atoms with Crippen LogP contribution in [0.15, 0.2) is 0 Å². The number of methoxy groups -OCH3 is 1. The first kappa shape index (κ1) is 17.9. The van der Waals surface area contributed by atoms with Crippen molar-refractivity contribution in [1.82, 2.24) is 10.6 Å². The van der Waals surface area contributed by atoms with Gasteiger partial charge in [-0.05, 0) is 44.9 Å². The molecule has 1 rings (SSSR count). The van der Waals surface area contributed by atoms with E-state index >= 15 is 0 Å². The quantitative estimate of drug-likeness (QED) is 0.571. The maximum Gasteiger partial charge on any atom is 0.242 e. The molecule has 0 aromatic rings. The highest BCUT2D eigenvalue weighted by molar-refractivity contribution is 5.87. The van der Waals surface area contributed by atoms with Gasteiger partial charge < -0.3 is 21.1 Å². The molecule has 0 bridgehead atoms. The normalized spacial score (nSPS) is 23.4. The SMILES string of the molecule is COCCNC(=O)C(C)NC(=O)CCC1CCC(N)CC1. The average Bonchev–Trinajstić information content (AvgIpc) is 2.46. The van der Waals surface area contributed by atoms with Gasteiger partial charge in [-0.3, -0.25) is 9.59 Å². The van der Waals surface area contributed by atoms with Crippen molar-refractivity contribution in [3.8, 4) is 0 Å². The Morgan fingerprint density at radius 3 is 2.57 bits per heavy atom. The minimum atomic E-state index is -0.505. The van der Waals surface area contributed by atoms with Gasteiger partial charge in [0.15, 0.2) is 0 Å². The molecule has 1 unspecified atom stereocenters. The van der Waals surface area contributed by atoms with E-state index in [9.17, 15) is 9.59 Å². The first-order chi connectivity index (χ1) is 10.0. The minimum absolute atomic E-state index is 0.0562. The highest BCUT2D eigenvalue weighted by Gasteiger charge is 2.20. The minimum Gasteiger partial charge on any atom is -0.383 e. The molecule has 1 aliphatic rings. The predicted octanol–water partition coefficient (Wildman–Crippen LogP) is 0.551. The van der Waals surface area contributed by atoms with Crippen molar-refractivity contribution in [2.24, 2.45) is 11.7 Å². The molecule has 2 amide bonds.